The van der Waals surface area contributed by atoms with Gasteiger partial charge in [-0.1, -0.05) is 25.1 Å². The molecule has 0 aliphatic heterocycles. The predicted octanol–water partition coefficient (Wildman–Crippen LogP) is 3.95. The van der Waals surface area contributed by atoms with Crippen molar-refractivity contribution in [2.75, 3.05) is 19.0 Å². The van der Waals surface area contributed by atoms with Gasteiger partial charge in [0.2, 0.25) is 5.91 Å². The van der Waals surface area contributed by atoms with E-state index in [1.165, 1.54) is 6.08 Å². The highest BCUT2D eigenvalue weighted by molar-refractivity contribution is 6.04. The minimum absolute atomic E-state index is 0.318. The van der Waals surface area contributed by atoms with Gasteiger partial charge in [0.1, 0.15) is 0 Å². The van der Waals surface area contributed by atoms with E-state index in [0.717, 1.165) is 12.0 Å². The van der Waals surface area contributed by atoms with Gasteiger partial charge in [0.15, 0.2) is 17.8 Å². The van der Waals surface area contributed by atoms with Crippen molar-refractivity contribution in [1.82, 2.24) is 0 Å². The number of ether oxygens (including phenoxy) is 2. The van der Waals surface area contributed by atoms with Crippen LogP contribution in [0.4, 0.5) is 5.69 Å². The quantitative estimate of drug-likeness (QED) is 0.584. The Bertz CT molecular complexity index is 768. The van der Waals surface area contributed by atoms with Crippen molar-refractivity contribution in [2.45, 2.75) is 13.3 Å². The molecule has 0 saturated heterocycles. The number of hydrogen-bond acceptors (Lipinski definition) is 4. The Morgan fingerprint density at radius 3 is 2.68 bits per heavy atom. The van der Waals surface area contributed by atoms with Crippen molar-refractivity contribution in [3.8, 4) is 11.5 Å². The fourth-order valence-corrected chi connectivity index (χ4v) is 2.18. The molecule has 0 spiro atoms. The molecule has 2 aromatic carbocycles. The first-order valence-corrected chi connectivity index (χ1v) is 8.02. The third kappa shape index (κ3) is 5.21. The van der Waals surface area contributed by atoms with Crippen LogP contribution in [0.15, 0.2) is 48.5 Å². The average Bonchev–Trinajstić information content (AvgIpc) is 2.65. The summed E-state index contributed by atoms with van der Waals surface area (Å²) in [7, 11) is 1.58. The van der Waals surface area contributed by atoms with Gasteiger partial charge in [-0.3, -0.25) is 9.59 Å². The van der Waals surface area contributed by atoms with E-state index in [9.17, 15) is 9.59 Å². The van der Waals surface area contributed by atoms with Gasteiger partial charge in [-0.25, -0.2) is 0 Å². The summed E-state index contributed by atoms with van der Waals surface area (Å²) in [5.41, 5.74) is 1.73. The predicted molar refractivity (Wildman–Crippen MR) is 98.3 cm³/mol. The first-order chi connectivity index (χ1) is 12.2. The summed E-state index contributed by atoms with van der Waals surface area (Å²) in [4.78, 5) is 23.0. The van der Waals surface area contributed by atoms with Gasteiger partial charge in [0.05, 0.1) is 19.4 Å². The molecule has 2 rings (SSSR count). The molecule has 5 heteroatoms. The van der Waals surface area contributed by atoms with Gasteiger partial charge < -0.3 is 14.8 Å². The van der Waals surface area contributed by atoms with Crippen molar-refractivity contribution in [3.63, 3.8) is 0 Å². The Labute approximate surface area is 147 Å². The Morgan fingerprint density at radius 1 is 1.16 bits per heavy atom. The molecule has 25 heavy (non-hydrogen) atoms. The summed E-state index contributed by atoms with van der Waals surface area (Å²) in [6, 6.07) is 12.3. The Hall–Kier alpha value is -3.08. The van der Waals surface area contributed by atoms with E-state index in [-0.39, 0.29) is 5.91 Å². The van der Waals surface area contributed by atoms with Crippen LogP contribution in [0.2, 0.25) is 0 Å². The maximum atomic E-state index is 12.1. The van der Waals surface area contributed by atoms with Crippen LogP contribution in [0.1, 0.15) is 29.3 Å². The standard InChI is InChI=1S/C20H21NO4/c1-3-12-25-19-13-15(8-10-18(19)24-2)9-11-20(23)21-17-7-5-4-6-16(17)14-22/h4-11,13-14H,3,12H2,1-2H3,(H,21,23)/b11-9+. The monoisotopic (exact) mass is 339 g/mol. The zero-order chi connectivity index (χ0) is 18.1. The SMILES string of the molecule is CCCOc1cc(/C=C/C(=O)Nc2ccccc2C=O)ccc1OC. The highest BCUT2D eigenvalue weighted by Gasteiger charge is 2.06. The number of nitrogens with one attached hydrogen (secondary N) is 1. The molecule has 0 radical (unpaired) electrons. The zero-order valence-corrected chi connectivity index (χ0v) is 14.3. The molecular formula is C20H21NO4. The van der Waals surface area contributed by atoms with Crippen LogP contribution < -0.4 is 14.8 Å². The van der Waals surface area contributed by atoms with Crippen LogP contribution in [0.5, 0.6) is 11.5 Å². The van der Waals surface area contributed by atoms with Crippen LogP contribution in [-0.2, 0) is 4.79 Å². The number of carbonyl (C=O) groups is 2. The molecule has 0 unspecified atom stereocenters. The second-order valence-electron chi connectivity index (χ2n) is 5.29. The molecule has 2 aromatic rings. The van der Waals surface area contributed by atoms with E-state index in [1.807, 2.05) is 19.1 Å². The maximum Gasteiger partial charge on any atom is 0.248 e. The van der Waals surface area contributed by atoms with Crippen LogP contribution >= 0.6 is 0 Å². The fourth-order valence-electron chi connectivity index (χ4n) is 2.18. The minimum atomic E-state index is -0.318. The largest absolute Gasteiger partial charge is 0.493 e. The maximum absolute atomic E-state index is 12.1. The smallest absolute Gasteiger partial charge is 0.248 e. The van der Waals surface area contributed by atoms with E-state index >= 15 is 0 Å². The Morgan fingerprint density at radius 2 is 1.96 bits per heavy atom. The van der Waals surface area contributed by atoms with Crippen LogP contribution in [-0.4, -0.2) is 25.9 Å². The lowest BCUT2D eigenvalue weighted by Crippen LogP contribution is -2.09. The number of para-hydroxylation sites is 1. The molecule has 130 valence electrons. The highest BCUT2D eigenvalue weighted by atomic mass is 16.5. The number of benzene rings is 2. The summed E-state index contributed by atoms with van der Waals surface area (Å²) in [6.07, 6.45) is 4.69. The number of anilines is 1. The molecule has 0 saturated carbocycles. The van der Waals surface area contributed by atoms with E-state index in [4.69, 9.17) is 9.47 Å². The summed E-state index contributed by atoms with van der Waals surface area (Å²) >= 11 is 0. The van der Waals surface area contributed by atoms with E-state index in [0.29, 0.717) is 35.6 Å². The third-order valence-electron chi connectivity index (χ3n) is 3.42. The van der Waals surface area contributed by atoms with Crippen LogP contribution in [0, 0.1) is 0 Å². The molecule has 0 atom stereocenters. The van der Waals surface area contributed by atoms with E-state index in [1.54, 1.807) is 43.5 Å². The molecule has 1 N–H and O–H groups in total. The van der Waals surface area contributed by atoms with Gasteiger partial charge in [0.25, 0.3) is 0 Å². The summed E-state index contributed by atoms with van der Waals surface area (Å²) in [5.74, 6) is 0.967. The molecule has 5 nitrogen and oxygen atoms in total. The van der Waals surface area contributed by atoms with Crippen LogP contribution in [0.25, 0.3) is 6.08 Å². The zero-order valence-electron chi connectivity index (χ0n) is 14.3. The summed E-state index contributed by atoms with van der Waals surface area (Å²) in [6.45, 7) is 2.62. The molecule has 1 amide bonds. The lowest BCUT2D eigenvalue weighted by Gasteiger charge is -2.10. The van der Waals surface area contributed by atoms with Crippen molar-refractivity contribution in [1.29, 1.82) is 0 Å². The minimum Gasteiger partial charge on any atom is -0.493 e. The number of amides is 1. The molecule has 0 bridgehead atoms. The van der Waals surface area contributed by atoms with Gasteiger partial charge in [-0.15, -0.1) is 0 Å². The molecule has 0 aliphatic rings. The Kier molecular flexibility index (Phi) is 6.77. The first kappa shape index (κ1) is 18.3. The van der Waals surface area contributed by atoms with E-state index < -0.39 is 0 Å². The average molecular weight is 339 g/mol. The topological polar surface area (TPSA) is 64.6 Å². The fraction of sp³-hybridized carbons (Fsp3) is 0.200. The molecular weight excluding hydrogens is 318 g/mol. The van der Waals surface area contributed by atoms with Gasteiger partial charge in [-0.05, 0) is 42.3 Å². The number of rotatable bonds is 8. The Balaban J connectivity index is 2.10. The molecule has 0 aliphatic carbocycles. The summed E-state index contributed by atoms with van der Waals surface area (Å²) < 4.78 is 10.9. The van der Waals surface area contributed by atoms with Gasteiger partial charge in [0, 0.05) is 11.6 Å². The number of aldehydes is 1. The first-order valence-electron chi connectivity index (χ1n) is 8.02. The highest BCUT2D eigenvalue weighted by Crippen LogP contribution is 2.28. The third-order valence-corrected chi connectivity index (χ3v) is 3.42. The molecule has 0 aromatic heterocycles. The second kappa shape index (κ2) is 9.27. The van der Waals surface area contributed by atoms with Crippen molar-refractivity contribution >= 4 is 24.0 Å². The van der Waals surface area contributed by atoms with Crippen molar-refractivity contribution in [3.05, 3.63) is 59.7 Å². The number of methoxy groups -OCH3 is 1. The molecule has 0 heterocycles. The van der Waals surface area contributed by atoms with Gasteiger partial charge >= 0.3 is 0 Å². The number of hydrogen-bond donors (Lipinski definition) is 1. The summed E-state index contributed by atoms with van der Waals surface area (Å²) in [5, 5.41) is 2.69. The van der Waals surface area contributed by atoms with Crippen molar-refractivity contribution in [2.24, 2.45) is 0 Å². The van der Waals surface area contributed by atoms with E-state index in [2.05, 4.69) is 5.32 Å². The lowest BCUT2D eigenvalue weighted by atomic mass is 10.1. The van der Waals surface area contributed by atoms with Crippen LogP contribution in [0.3, 0.4) is 0 Å². The second-order valence-corrected chi connectivity index (χ2v) is 5.29. The number of carbonyl (C=O) groups excluding carboxylic acids is 2. The lowest BCUT2D eigenvalue weighted by molar-refractivity contribution is -0.111. The normalized spacial score (nSPS) is 10.5. The van der Waals surface area contributed by atoms with Crippen molar-refractivity contribution < 1.29 is 19.1 Å². The molecule has 0 fully saturated rings. The van der Waals surface area contributed by atoms with Gasteiger partial charge in [-0.2, -0.15) is 0 Å².